The van der Waals surface area contributed by atoms with E-state index in [1.54, 1.807) is 12.1 Å². The molecule has 0 N–H and O–H groups in total. The lowest BCUT2D eigenvalue weighted by Gasteiger charge is -2.30. The SMILES string of the molecule is CC(C)(C)c1cc(-n2c3cccc4c3-n(c3c5cc6ccc(F)cc6cc5ccc32)n2c3ccccc3c3cccc4c32)cc(C(C)(C)C)c1. The summed E-state index contributed by atoms with van der Waals surface area (Å²) in [5.41, 5.74) is 10.6. The lowest BCUT2D eigenvalue weighted by atomic mass is 9.80. The second-order valence-electron chi connectivity index (χ2n) is 16.1. The lowest BCUT2D eigenvalue weighted by Crippen LogP contribution is -2.19. The van der Waals surface area contributed by atoms with Gasteiger partial charge in [0.25, 0.3) is 0 Å². The topological polar surface area (TPSA) is 14.3 Å². The normalized spacial score (nSPS) is 13.1. The van der Waals surface area contributed by atoms with Gasteiger partial charge < -0.3 is 4.57 Å². The van der Waals surface area contributed by atoms with E-state index in [-0.39, 0.29) is 16.6 Å². The molecule has 0 saturated carbocycles. The van der Waals surface area contributed by atoms with Crippen molar-refractivity contribution in [1.82, 2.24) is 13.8 Å². The molecule has 1 aromatic heterocycles. The summed E-state index contributed by atoms with van der Waals surface area (Å²) in [5, 5.41) is 9.04. The summed E-state index contributed by atoms with van der Waals surface area (Å²) in [7, 11) is 0. The molecule has 0 aliphatic carbocycles. The number of benzene rings is 7. The minimum Gasteiger partial charge on any atom is -0.306 e. The Morgan fingerprint density at radius 3 is 1.86 bits per heavy atom. The molecule has 0 saturated heterocycles. The summed E-state index contributed by atoms with van der Waals surface area (Å²) in [5.74, 6) is -0.221. The highest BCUT2D eigenvalue weighted by Crippen LogP contribution is 2.44. The Labute approximate surface area is 290 Å². The quantitative estimate of drug-likeness (QED) is 0.124. The van der Waals surface area contributed by atoms with Gasteiger partial charge in [0.05, 0.1) is 33.3 Å². The molecule has 10 rings (SSSR count). The van der Waals surface area contributed by atoms with Crippen LogP contribution in [-0.4, -0.2) is 13.8 Å². The number of para-hydroxylation sites is 3. The van der Waals surface area contributed by atoms with E-state index >= 15 is 0 Å². The summed E-state index contributed by atoms with van der Waals surface area (Å²) in [4.78, 5) is 0. The predicted molar refractivity (Wildman–Crippen MR) is 210 cm³/mol. The maximum atomic E-state index is 14.5. The van der Waals surface area contributed by atoms with E-state index in [1.807, 2.05) is 6.07 Å². The van der Waals surface area contributed by atoms with Crippen LogP contribution in [0, 0.1) is 5.82 Å². The van der Waals surface area contributed by atoms with E-state index in [9.17, 15) is 4.39 Å². The number of hydrogen-bond acceptors (Lipinski definition) is 0. The summed E-state index contributed by atoms with van der Waals surface area (Å²) in [6.07, 6.45) is 0. The zero-order valence-electron chi connectivity index (χ0n) is 29.3. The zero-order valence-corrected chi connectivity index (χ0v) is 29.3. The molecular weight excluding hydrogens is 614 g/mol. The van der Waals surface area contributed by atoms with Gasteiger partial charge in [-0.3, -0.25) is 0 Å². The van der Waals surface area contributed by atoms with Gasteiger partial charge in [-0.2, -0.15) is 0 Å². The van der Waals surface area contributed by atoms with Crippen LogP contribution in [0.2, 0.25) is 0 Å². The highest BCUT2D eigenvalue weighted by Gasteiger charge is 2.27. The number of nitrogens with zero attached hydrogens (tertiary/aromatic N) is 3. The molecule has 8 aromatic rings. The Morgan fingerprint density at radius 2 is 1.10 bits per heavy atom. The van der Waals surface area contributed by atoms with Crippen LogP contribution in [-0.2, 0) is 10.8 Å². The van der Waals surface area contributed by atoms with E-state index in [4.69, 9.17) is 0 Å². The molecule has 0 amide bonds. The molecule has 2 aliphatic rings. The van der Waals surface area contributed by atoms with Crippen molar-refractivity contribution < 1.29 is 4.39 Å². The van der Waals surface area contributed by atoms with Gasteiger partial charge in [0, 0.05) is 32.6 Å². The average Bonchev–Trinajstić information content (AvgIpc) is 3.43. The van der Waals surface area contributed by atoms with Gasteiger partial charge in [-0.15, -0.1) is 0 Å². The Balaban J connectivity index is 1.53. The minimum absolute atomic E-state index is 0.0387. The van der Waals surface area contributed by atoms with Crippen molar-refractivity contribution in [2.45, 2.75) is 52.4 Å². The van der Waals surface area contributed by atoms with Crippen LogP contribution in [0.1, 0.15) is 52.7 Å². The van der Waals surface area contributed by atoms with E-state index in [1.165, 1.54) is 43.7 Å². The zero-order chi connectivity index (χ0) is 34.3. The molecule has 7 aromatic carbocycles. The van der Waals surface area contributed by atoms with Crippen LogP contribution in [0.5, 0.6) is 0 Å². The Morgan fingerprint density at radius 1 is 0.460 bits per heavy atom. The standard InChI is InChI=1S/C46H38FN3/c1-45(2,3)30-24-31(46(4,5)6)26-33(25-30)48-40-16-10-14-37-36-13-9-12-35-34-11-7-8-15-39(34)49(42(35)36)50(43(37)40)44-38-23-27-17-19-32(47)22-29(27)21-28(38)18-20-41(44)48/h7-26H,1-6H3. The van der Waals surface area contributed by atoms with Crippen molar-refractivity contribution in [3.05, 3.63) is 138 Å². The van der Waals surface area contributed by atoms with Crippen LogP contribution >= 0.6 is 0 Å². The first kappa shape index (κ1) is 29.3. The Bertz CT molecular complexity index is 2980. The van der Waals surface area contributed by atoms with E-state index in [0.29, 0.717) is 0 Å². The molecule has 2 aliphatic heterocycles. The third kappa shape index (κ3) is 3.96. The first-order valence-electron chi connectivity index (χ1n) is 17.6. The number of aromatic nitrogens is 3. The number of hydrogen-bond donors (Lipinski definition) is 0. The van der Waals surface area contributed by atoms with Gasteiger partial charge >= 0.3 is 0 Å². The molecule has 0 unspecified atom stereocenters. The van der Waals surface area contributed by atoms with Crippen LogP contribution in [0.4, 0.5) is 4.39 Å². The van der Waals surface area contributed by atoms with E-state index in [2.05, 4.69) is 158 Å². The van der Waals surface area contributed by atoms with Gasteiger partial charge in [0.15, 0.2) is 0 Å². The Kier molecular flexibility index (Phi) is 5.72. The molecule has 3 heterocycles. The smallest absolute Gasteiger partial charge is 0.123 e. The molecule has 0 atom stereocenters. The largest absolute Gasteiger partial charge is 0.306 e. The summed E-state index contributed by atoms with van der Waals surface area (Å²) < 4.78 is 21.9. The van der Waals surface area contributed by atoms with Crippen LogP contribution in [0.3, 0.4) is 0 Å². The third-order valence-corrected chi connectivity index (χ3v) is 10.9. The highest BCUT2D eigenvalue weighted by atomic mass is 19.1. The second-order valence-corrected chi connectivity index (χ2v) is 16.1. The molecule has 0 radical (unpaired) electrons. The van der Waals surface area contributed by atoms with Gasteiger partial charge in [-0.05, 0) is 92.7 Å². The van der Waals surface area contributed by atoms with Gasteiger partial charge in [0.1, 0.15) is 5.82 Å². The molecule has 4 heteroatoms. The van der Waals surface area contributed by atoms with Crippen LogP contribution in [0.25, 0.3) is 82.0 Å². The van der Waals surface area contributed by atoms with Gasteiger partial charge in [-0.1, -0.05) is 108 Å². The summed E-state index contributed by atoms with van der Waals surface area (Å²) >= 11 is 0. The van der Waals surface area contributed by atoms with Crippen molar-refractivity contribution in [2.75, 3.05) is 0 Å². The molecule has 244 valence electrons. The highest BCUT2D eigenvalue weighted by molar-refractivity contribution is 6.21. The van der Waals surface area contributed by atoms with Crippen molar-refractivity contribution in [3.8, 4) is 11.4 Å². The second kappa shape index (κ2) is 9.76. The molecule has 3 nitrogen and oxygen atoms in total. The van der Waals surface area contributed by atoms with Gasteiger partial charge in [-0.25, -0.2) is 13.6 Å². The van der Waals surface area contributed by atoms with E-state index in [0.717, 1.165) is 49.5 Å². The summed E-state index contributed by atoms with van der Waals surface area (Å²) in [6.45, 7) is 13.8. The maximum absolute atomic E-state index is 14.5. The van der Waals surface area contributed by atoms with Crippen molar-refractivity contribution >= 4 is 70.7 Å². The van der Waals surface area contributed by atoms with Crippen molar-refractivity contribution in [1.29, 1.82) is 0 Å². The summed E-state index contributed by atoms with van der Waals surface area (Å²) in [6, 6.07) is 43.4. The molecule has 0 fully saturated rings. The molecule has 0 spiro atoms. The molecule has 0 bridgehead atoms. The first-order chi connectivity index (χ1) is 24.0. The fourth-order valence-electron chi connectivity index (χ4n) is 8.32. The Hall–Kier alpha value is -5.61. The number of rotatable bonds is 1. The van der Waals surface area contributed by atoms with Crippen LogP contribution in [0.15, 0.2) is 121 Å². The minimum atomic E-state index is -0.221. The monoisotopic (exact) mass is 651 g/mol. The maximum Gasteiger partial charge on any atom is 0.123 e. The van der Waals surface area contributed by atoms with Gasteiger partial charge in [0.2, 0.25) is 0 Å². The van der Waals surface area contributed by atoms with Crippen molar-refractivity contribution in [2.24, 2.45) is 0 Å². The third-order valence-electron chi connectivity index (χ3n) is 10.9. The molecule has 50 heavy (non-hydrogen) atoms. The lowest BCUT2D eigenvalue weighted by molar-refractivity contribution is 0.568. The predicted octanol–water partition coefficient (Wildman–Crippen LogP) is 12.6. The first-order valence-corrected chi connectivity index (χ1v) is 17.6. The fraction of sp³-hybridized carbons (Fsp3) is 0.174. The number of halogens is 1. The average molecular weight is 652 g/mol. The van der Waals surface area contributed by atoms with E-state index < -0.39 is 0 Å². The molecular formula is C46H38FN3. The van der Waals surface area contributed by atoms with Crippen LogP contribution < -0.4 is 0 Å². The number of fused-ring (bicyclic) bond motifs is 10. The van der Waals surface area contributed by atoms with Crippen molar-refractivity contribution in [3.63, 3.8) is 0 Å². The fourth-order valence-corrected chi connectivity index (χ4v) is 8.32.